The molecule has 1 aromatic heterocycles. The van der Waals surface area contributed by atoms with Crippen molar-refractivity contribution in [2.75, 3.05) is 6.54 Å². The molecule has 1 atom stereocenters. The van der Waals surface area contributed by atoms with Crippen LogP contribution in [0.1, 0.15) is 12.5 Å². The fourth-order valence-electron chi connectivity index (χ4n) is 1.80. The van der Waals surface area contributed by atoms with Gasteiger partial charge in [0.2, 0.25) is 10.0 Å². The van der Waals surface area contributed by atoms with Crippen molar-refractivity contribution >= 4 is 21.6 Å². The van der Waals surface area contributed by atoms with Gasteiger partial charge in [-0.05, 0) is 25.1 Å². The maximum atomic E-state index is 13.2. The van der Waals surface area contributed by atoms with Gasteiger partial charge in [-0.2, -0.15) is 5.10 Å². The van der Waals surface area contributed by atoms with Gasteiger partial charge in [0, 0.05) is 25.4 Å². The first-order chi connectivity index (χ1) is 10.1. The number of aliphatic hydroxyl groups is 1. The maximum absolute atomic E-state index is 13.2. The Morgan fingerprint density at radius 2 is 2.18 bits per heavy atom. The van der Waals surface area contributed by atoms with Crippen LogP contribution in [-0.4, -0.2) is 29.8 Å². The summed E-state index contributed by atoms with van der Waals surface area (Å²) >= 11 is 5.79. The monoisotopic (exact) mass is 347 g/mol. The molecule has 0 radical (unpaired) electrons. The average molecular weight is 348 g/mol. The molecule has 2 aromatic rings. The summed E-state index contributed by atoms with van der Waals surface area (Å²) in [6.07, 6.45) is 3.01. The minimum Gasteiger partial charge on any atom is -0.384 e. The molecule has 2 N–H and O–H groups in total. The first kappa shape index (κ1) is 16.9. The normalized spacial score (nSPS) is 14.8. The number of nitrogens with one attached hydrogen (secondary N) is 1. The summed E-state index contributed by atoms with van der Waals surface area (Å²) in [6.45, 7) is 1.13. The molecule has 1 heterocycles. The molecule has 0 unspecified atom stereocenters. The van der Waals surface area contributed by atoms with Crippen LogP contribution in [0.3, 0.4) is 0 Å². The molecule has 0 amide bonds. The molecule has 6 nitrogen and oxygen atoms in total. The number of aromatic nitrogens is 2. The van der Waals surface area contributed by atoms with Crippen LogP contribution in [0, 0.1) is 5.82 Å². The van der Waals surface area contributed by atoms with E-state index in [2.05, 4.69) is 9.82 Å². The molecule has 0 saturated heterocycles. The molecule has 0 aliphatic heterocycles. The number of benzene rings is 1. The molecule has 0 aliphatic rings. The van der Waals surface area contributed by atoms with Gasteiger partial charge >= 0.3 is 0 Å². The first-order valence-corrected chi connectivity index (χ1v) is 8.14. The molecule has 9 heteroatoms. The highest BCUT2D eigenvalue weighted by Crippen LogP contribution is 2.24. The third kappa shape index (κ3) is 3.64. The second-order valence-corrected chi connectivity index (χ2v) is 7.22. The maximum Gasteiger partial charge on any atom is 0.242 e. The minimum absolute atomic E-state index is 0.102. The number of halogens is 2. The van der Waals surface area contributed by atoms with E-state index in [1.807, 2.05) is 0 Å². The lowest BCUT2D eigenvalue weighted by Gasteiger charge is -2.22. The number of rotatable bonds is 5. The molecule has 0 spiro atoms. The van der Waals surface area contributed by atoms with E-state index in [0.717, 1.165) is 18.2 Å². The fraction of sp³-hybridized carbons (Fsp3) is 0.308. The van der Waals surface area contributed by atoms with Crippen molar-refractivity contribution in [3.8, 4) is 0 Å². The third-order valence-corrected chi connectivity index (χ3v) is 5.00. The van der Waals surface area contributed by atoms with Crippen LogP contribution in [0.4, 0.5) is 4.39 Å². The SMILES string of the molecule is Cn1cc([C@@](C)(O)CNS(=O)(=O)c2cc(F)ccc2Cl)cn1. The van der Waals surface area contributed by atoms with E-state index in [-0.39, 0.29) is 16.5 Å². The lowest BCUT2D eigenvalue weighted by atomic mass is 10.0. The summed E-state index contributed by atoms with van der Waals surface area (Å²) in [4.78, 5) is -0.379. The Balaban J connectivity index is 2.21. The summed E-state index contributed by atoms with van der Waals surface area (Å²) in [5.74, 6) is -0.719. The summed E-state index contributed by atoms with van der Waals surface area (Å²) in [5, 5.41) is 14.2. The quantitative estimate of drug-likeness (QED) is 0.856. The molecule has 0 fully saturated rings. The van der Waals surface area contributed by atoms with Gasteiger partial charge in [0.15, 0.2) is 0 Å². The molecule has 0 aliphatic carbocycles. The lowest BCUT2D eigenvalue weighted by molar-refractivity contribution is 0.0627. The Morgan fingerprint density at radius 1 is 1.50 bits per heavy atom. The average Bonchev–Trinajstić information content (AvgIpc) is 2.87. The van der Waals surface area contributed by atoms with Crippen molar-refractivity contribution < 1.29 is 17.9 Å². The van der Waals surface area contributed by atoms with E-state index in [0.29, 0.717) is 5.56 Å². The third-order valence-electron chi connectivity index (χ3n) is 3.12. The molecule has 120 valence electrons. The van der Waals surface area contributed by atoms with Gasteiger partial charge in [-0.25, -0.2) is 17.5 Å². The summed E-state index contributed by atoms with van der Waals surface area (Å²) in [6, 6.07) is 3.04. The zero-order valence-electron chi connectivity index (χ0n) is 11.9. The van der Waals surface area contributed by atoms with Crippen molar-refractivity contribution in [2.45, 2.75) is 17.4 Å². The van der Waals surface area contributed by atoms with Gasteiger partial charge in [0.05, 0.1) is 11.2 Å². The molecule has 0 saturated carbocycles. The smallest absolute Gasteiger partial charge is 0.242 e. The van der Waals surface area contributed by atoms with Crippen LogP contribution in [0.15, 0.2) is 35.5 Å². The number of hydrogen-bond acceptors (Lipinski definition) is 4. The Morgan fingerprint density at radius 3 is 2.77 bits per heavy atom. The van der Waals surface area contributed by atoms with Crippen LogP contribution in [0.25, 0.3) is 0 Å². The van der Waals surface area contributed by atoms with Crippen molar-refractivity contribution in [3.63, 3.8) is 0 Å². The molecule has 22 heavy (non-hydrogen) atoms. The van der Waals surface area contributed by atoms with E-state index in [9.17, 15) is 17.9 Å². The van der Waals surface area contributed by atoms with Gasteiger partial charge in [-0.1, -0.05) is 11.6 Å². The van der Waals surface area contributed by atoms with Crippen molar-refractivity contribution in [1.82, 2.24) is 14.5 Å². The van der Waals surface area contributed by atoms with E-state index < -0.39 is 21.4 Å². The second kappa shape index (κ2) is 5.96. The fourth-order valence-corrected chi connectivity index (χ4v) is 3.44. The standard InChI is InChI=1S/C13H15ClFN3O3S/c1-13(19,9-6-16-18(2)7-9)8-17-22(20,21)12-5-10(15)3-4-11(12)14/h3-7,17,19H,8H2,1-2H3/t13-/m0/s1. The Bertz CT molecular complexity index is 790. The van der Waals surface area contributed by atoms with Crippen LogP contribution < -0.4 is 4.72 Å². The Hall–Kier alpha value is -1.48. The highest BCUT2D eigenvalue weighted by Gasteiger charge is 2.28. The number of nitrogens with zero attached hydrogens (tertiary/aromatic N) is 2. The predicted molar refractivity (Wildman–Crippen MR) is 79.4 cm³/mol. The van der Waals surface area contributed by atoms with E-state index >= 15 is 0 Å². The van der Waals surface area contributed by atoms with Gasteiger partial charge in [0.25, 0.3) is 0 Å². The topological polar surface area (TPSA) is 84.2 Å². The zero-order chi connectivity index (χ0) is 16.5. The molecule has 2 rings (SSSR count). The summed E-state index contributed by atoms with van der Waals surface area (Å²) < 4.78 is 41.3. The molecular formula is C13H15ClFN3O3S. The largest absolute Gasteiger partial charge is 0.384 e. The highest BCUT2D eigenvalue weighted by atomic mass is 35.5. The number of aryl methyl sites for hydroxylation is 1. The van der Waals surface area contributed by atoms with Crippen molar-refractivity contribution in [2.24, 2.45) is 7.05 Å². The van der Waals surface area contributed by atoms with Crippen LogP contribution >= 0.6 is 11.6 Å². The number of hydrogen-bond donors (Lipinski definition) is 2. The minimum atomic E-state index is -4.06. The molecule has 0 bridgehead atoms. The Labute approximate surface area is 132 Å². The van der Waals surface area contributed by atoms with Crippen molar-refractivity contribution in [3.05, 3.63) is 47.0 Å². The van der Waals surface area contributed by atoms with Gasteiger partial charge in [-0.3, -0.25) is 4.68 Å². The molecule has 1 aromatic carbocycles. The van der Waals surface area contributed by atoms with E-state index in [1.165, 1.54) is 17.8 Å². The van der Waals surface area contributed by atoms with E-state index in [4.69, 9.17) is 11.6 Å². The second-order valence-electron chi connectivity index (χ2n) is 5.08. The lowest BCUT2D eigenvalue weighted by Crippen LogP contribution is -2.38. The zero-order valence-corrected chi connectivity index (χ0v) is 13.5. The van der Waals surface area contributed by atoms with Gasteiger partial charge in [-0.15, -0.1) is 0 Å². The van der Waals surface area contributed by atoms with Crippen LogP contribution in [0.5, 0.6) is 0 Å². The number of sulfonamides is 1. The molecular weight excluding hydrogens is 333 g/mol. The van der Waals surface area contributed by atoms with Crippen LogP contribution in [-0.2, 0) is 22.7 Å². The van der Waals surface area contributed by atoms with Crippen LogP contribution in [0.2, 0.25) is 5.02 Å². The highest BCUT2D eigenvalue weighted by molar-refractivity contribution is 7.89. The Kier molecular flexibility index (Phi) is 4.57. The van der Waals surface area contributed by atoms with Gasteiger partial charge in [0.1, 0.15) is 16.3 Å². The van der Waals surface area contributed by atoms with E-state index in [1.54, 1.807) is 13.2 Å². The summed E-state index contributed by atoms with van der Waals surface area (Å²) in [5.41, 5.74) is -1.02. The summed E-state index contributed by atoms with van der Waals surface area (Å²) in [7, 11) is -2.38. The van der Waals surface area contributed by atoms with Crippen molar-refractivity contribution in [1.29, 1.82) is 0 Å². The van der Waals surface area contributed by atoms with Gasteiger partial charge < -0.3 is 5.11 Å². The first-order valence-electron chi connectivity index (χ1n) is 6.28. The predicted octanol–water partition coefficient (Wildman–Crippen LogP) is 1.40.